The van der Waals surface area contributed by atoms with Gasteiger partial charge in [0.05, 0.1) is 28.7 Å². The molecule has 4 aromatic rings. The first-order valence-corrected chi connectivity index (χ1v) is 14.1. The zero-order chi connectivity index (χ0) is 29.2. The summed E-state index contributed by atoms with van der Waals surface area (Å²) >= 11 is 0. The highest BCUT2D eigenvalue weighted by molar-refractivity contribution is 5.79. The molecule has 1 N–H and O–H groups in total. The largest absolute Gasteiger partial charge is 0.487 e. The molecular formula is C32H36F2N4O3. The highest BCUT2D eigenvalue weighted by Gasteiger charge is 2.38. The summed E-state index contributed by atoms with van der Waals surface area (Å²) in [4.78, 5) is 23.3. The summed E-state index contributed by atoms with van der Waals surface area (Å²) in [5, 5.41) is 10.1. The molecule has 41 heavy (non-hydrogen) atoms. The molecule has 0 amide bonds. The number of fused-ring (bicyclic) bond motifs is 1. The fraction of sp³-hybridized carbons (Fsp3) is 0.406. The van der Waals surface area contributed by atoms with Gasteiger partial charge in [0, 0.05) is 43.9 Å². The van der Waals surface area contributed by atoms with Gasteiger partial charge in [-0.15, -0.1) is 0 Å². The molecule has 7 nitrogen and oxygen atoms in total. The monoisotopic (exact) mass is 562 g/mol. The molecule has 0 spiro atoms. The number of anilines is 1. The summed E-state index contributed by atoms with van der Waals surface area (Å²) in [5.41, 5.74) is 4.29. The Balaban J connectivity index is 1.46. The Morgan fingerprint density at radius 1 is 1.10 bits per heavy atom. The number of aryl methyl sites for hydroxylation is 1. The van der Waals surface area contributed by atoms with Crippen LogP contribution in [-0.2, 0) is 24.4 Å². The highest BCUT2D eigenvalue weighted by Crippen LogP contribution is 2.34. The second-order valence-electron chi connectivity index (χ2n) is 11.0. The van der Waals surface area contributed by atoms with Crippen LogP contribution in [0.4, 0.5) is 14.5 Å². The average Bonchev–Trinajstić information content (AvgIpc) is 3.50. The number of imidazole rings is 1. The number of benzene rings is 2. The van der Waals surface area contributed by atoms with Crippen molar-refractivity contribution in [3.63, 3.8) is 0 Å². The van der Waals surface area contributed by atoms with Gasteiger partial charge >= 0.3 is 5.97 Å². The van der Waals surface area contributed by atoms with Gasteiger partial charge in [-0.3, -0.25) is 9.78 Å². The second-order valence-corrected chi connectivity index (χ2v) is 11.0. The van der Waals surface area contributed by atoms with E-state index < -0.39 is 17.3 Å². The molecule has 0 bridgehead atoms. The van der Waals surface area contributed by atoms with E-state index in [1.807, 2.05) is 79.9 Å². The molecule has 1 saturated heterocycles. The molecule has 1 fully saturated rings. The number of hydrogen-bond donors (Lipinski definition) is 1. The van der Waals surface area contributed by atoms with Crippen molar-refractivity contribution in [3.8, 4) is 5.75 Å². The lowest BCUT2D eigenvalue weighted by molar-refractivity contribution is -0.149. The molecule has 216 valence electrons. The maximum Gasteiger partial charge on any atom is 0.310 e. The summed E-state index contributed by atoms with van der Waals surface area (Å²) in [6.45, 7) is 6.61. The van der Waals surface area contributed by atoms with Crippen molar-refractivity contribution in [3.05, 3.63) is 83.4 Å². The molecule has 1 aliphatic heterocycles. The second kappa shape index (κ2) is 11.5. The molecule has 2 aromatic heterocycles. The molecule has 0 saturated carbocycles. The molecule has 2 aromatic carbocycles. The number of carboxylic acids is 1. The number of pyridine rings is 1. The van der Waals surface area contributed by atoms with Crippen molar-refractivity contribution in [2.75, 3.05) is 18.0 Å². The number of nitrogens with zero attached hydrogens (tertiary/aromatic N) is 4. The third kappa shape index (κ3) is 6.19. The molecular weight excluding hydrogens is 526 g/mol. The van der Waals surface area contributed by atoms with Gasteiger partial charge in [0.1, 0.15) is 18.2 Å². The smallest absolute Gasteiger partial charge is 0.310 e. The van der Waals surface area contributed by atoms with Crippen LogP contribution >= 0.6 is 0 Å². The van der Waals surface area contributed by atoms with Crippen LogP contribution in [0.25, 0.3) is 11.0 Å². The van der Waals surface area contributed by atoms with Crippen LogP contribution < -0.4 is 9.64 Å². The third-order valence-electron chi connectivity index (χ3n) is 8.27. The Labute approximate surface area is 238 Å². The topological polar surface area (TPSA) is 80.5 Å². The Kier molecular flexibility index (Phi) is 7.98. The predicted octanol–water partition coefficient (Wildman–Crippen LogP) is 6.65. The van der Waals surface area contributed by atoms with E-state index in [0.717, 1.165) is 33.5 Å². The van der Waals surface area contributed by atoms with Crippen LogP contribution in [-0.4, -0.2) is 44.6 Å². The number of carbonyl (C=O) groups is 1. The van der Waals surface area contributed by atoms with Crippen LogP contribution in [0.1, 0.15) is 55.8 Å². The van der Waals surface area contributed by atoms with Crippen molar-refractivity contribution >= 4 is 22.7 Å². The first-order valence-electron chi connectivity index (χ1n) is 14.1. The van der Waals surface area contributed by atoms with E-state index in [9.17, 15) is 18.7 Å². The van der Waals surface area contributed by atoms with Gasteiger partial charge in [-0.05, 0) is 61.2 Å². The lowest BCUT2D eigenvalue weighted by atomic mass is 9.79. The van der Waals surface area contributed by atoms with Gasteiger partial charge in [-0.25, -0.2) is 13.8 Å². The minimum absolute atomic E-state index is 0.135. The minimum atomic E-state index is -2.66. The van der Waals surface area contributed by atoms with Crippen LogP contribution in [0, 0.1) is 12.3 Å². The highest BCUT2D eigenvalue weighted by atomic mass is 19.3. The van der Waals surface area contributed by atoms with E-state index >= 15 is 0 Å². The van der Waals surface area contributed by atoms with Crippen molar-refractivity contribution in [1.82, 2.24) is 14.5 Å². The molecule has 1 aliphatic rings. The Morgan fingerprint density at radius 2 is 1.85 bits per heavy atom. The Bertz CT molecular complexity index is 1510. The normalized spacial score (nSPS) is 15.0. The zero-order valence-corrected chi connectivity index (χ0v) is 23.7. The minimum Gasteiger partial charge on any atom is -0.487 e. The number of carboxylic acid groups (broad SMARTS) is 1. The standard InChI is InChI=1S/C32H36F2N4O3/c1-4-31(5-2,30(39)40)17-29-36-27-13-12-26(41-20-24-9-6-22(3)18-35-24)16-28(27)38(29)19-23-7-10-25(11-8-23)37-15-14-32(33,34)21-37/h6-13,16,18H,4-5,14-15,17,19-21H2,1-3H3,(H,39,40). The molecule has 3 heterocycles. The lowest BCUT2D eigenvalue weighted by Crippen LogP contribution is -2.33. The molecule has 0 unspecified atom stereocenters. The fourth-order valence-corrected chi connectivity index (χ4v) is 5.43. The van der Waals surface area contributed by atoms with E-state index in [2.05, 4.69) is 4.98 Å². The van der Waals surface area contributed by atoms with E-state index in [1.165, 1.54) is 0 Å². The lowest BCUT2D eigenvalue weighted by Gasteiger charge is -2.26. The van der Waals surface area contributed by atoms with Crippen LogP contribution in [0.2, 0.25) is 0 Å². The zero-order valence-electron chi connectivity index (χ0n) is 23.7. The predicted molar refractivity (Wildman–Crippen MR) is 155 cm³/mol. The van der Waals surface area contributed by atoms with Crippen LogP contribution in [0.3, 0.4) is 0 Å². The summed E-state index contributed by atoms with van der Waals surface area (Å²) in [6.07, 6.45) is 2.92. The quantitative estimate of drug-likeness (QED) is 0.221. The summed E-state index contributed by atoms with van der Waals surface area (Å²) in [6, 6.07) is 17.2. The number of halogens is 2. The number of rotatable bonds is 11. The van der Waals surface area contributed by atoms with Crippen molar-refractivity contribution in [2.45, 2.75) is 65.5 Å². The van der Waals surface area contributed by atoms with E-state index in [4.69, 9.17) is 9.72 Å². The first-order chi connectivity index (χ1) is 19.6. The van der Waals surface area contributed by atoms with E-state index in [-0.39, 0.29) is 19.4 Å². The average molecular weight is 563 g/mol. The number of aliphatic carboxylic acids is 1. The van der Waals surface area contributed by atoms with E-state index in [1.54, 1.807) is 11.1 Å². The summed E-state index contributed by atoms with van der Waals surface area (Å²) < 4.78 is 35.6. The molecule has 0 atom stereocenters. The first kappa shape index (κ1) is 28.5. The Morgan fingerprint density at radius 3 is 2.46 bits per heavy atom. The van der Waals surface area contributed by atoms with Crippen molar-refractivity contribution in [2.24, 2.45) is 5.41 Å². The van der Waals surface area contributed by atoms with Gasteiger partial charge in [0.15, 0.2) is 0 Å². The van der Waals surface area contributed by atoms with Gasteiger partial charge < -0.3 is 19.3 Å². The maximum absolute atomic E-state index is 13.7. The summed E-state index contributed by atoms with van der Waals surface area (Å²) in [7, 11) is 0. The van der Waals surface area contributed by atoms with E-state index in [0.29, 0.717) is 44.1 Å². The molecule has 0 aliphatic carbocycles. The van der Waals surface area contributed by atoms with Gasteiger partial charge in [-0.1, -0.05) is 32.0 Å². The van der Waals surface area contributed by atoms with Crippen molar-refractivity contribution < 1.29 is 23.4 Å². The van der Waals surface area contributed by atoms with Crippen molar-refractivity contribution in [1.29, 1.82) is 0 Å². The SMILES string of the molecule is CCC(CC)(Cc1nc2ccc(OCc3ccc(C)cn3)cc2n1Cc1ccc(N2CCC(F)(F)C2)cc1)C(=O)O. The van der Waals surface area contributed by atoms with Gasteiger partial charge in [0.2, 0.25) is 0 Å². The number of ether oxygens (including phenoxy) is 1. The number of alkyl halides is 2. The van der Waals surface area contributed by atoms with Gasteiger partial charge in [0.25, 0.3) is 5.92 Å². The van der Waals surface area contributed by atoms with Crippen LogP contribution in [0.5, 0.6) is 5.75 Å². The Hall–Kier alpha value is -4.01. The molecule has 9 heteroatoms. The molecule has 0 radical (unpaired) electrons. The fourth-order valence-electron chi connectivity index (χ4n) is 5.43. The third-order valence-corrected chi connectivity index (χ3v) is 8.27. The maximum atomic E-state index is 13.7. The summed E-state index contributed by atoms with van der Waals surface area (Å²) in [5.74, 6) is -2.14. The van der Waals surface area contributed by atoms with Gasteiger partial charge in [-0.2, -0.15) is 0 Å². The van der Waals surface area contributed by atoms with Crippen LogP contribution in [0.15, 0.2) is 60.8 Å². The number of hydrogen-bond acceptors (Lipinski definition) is 5. The number of aromatic nitrogens is 3. The molecule has 5 rings (SSSR count).